The van der Waals surface area contributed by atoms with Crippen LogP contribution in [0.2, 0.25) is 0 Å². The Balaban J connectivity index is 2.81. The minimum atomic E-state index is -0.622. The second kappa shape index (κ2) is 4.43. The van der Waals surface area contributed by atoms with Crippen LogP contribution < -0.4 is 0 Å². The quantitative estimate of drug-likeness (QED) is 0.717. The molecule has 0 N–H and O–H groups in total. The zero-order valence-corrected chi connectivity index (χ0v) is 9.21. The molecule has 15 heavy (non-hydrogen) atoms. The van der Waals surface area contributed by atoms with Gasteiger partial charge in [0.05, 0.1) is 12.5 Å². The molecule has 1 aromatic rings. The number of methoxy groups -OCH3 is 1. The summed E-state index contributed by atoms with van der Waals surface area (Å²) < 4.78 is 17.6. The molecule has 0 aliphatic heterocycles. The number of carbonyl (C=O) groups is 1. The van der Waals surface area contributed by atoms with Crippen LogP contribution in [0.1, 0.15) is 19.4 Å². The summed E-state index contributed by atoms with van der Waals surface area (Å²) in [6.07, 6.45) is 0.470. The monoisotopic (exact) mass is 210 g/mol. The highest BCUT2D eigenvalue weighted by Gasteiger charge is 2.28. The fraction of sp³-hybridized carbons (Fsp3) is 0.417. The summed E-state index contributed by atoms with van der Waals surface area (Å²) in [7, 11) is 1.36. The van der Waals surface area contributed by atoms with Crippen LogP contribution in [0.3, 0.4) is 0 Å². The fourth-order valence-corrected chi connectivity index (χ4v) is 1.51. The van der Waals surface area contributed by atoms with Crippen molar-refractivity contribution in [2.24, 2.45) is 5.41 Å². The summed E-state index contributed by atoms with van der Waals surface area (Å²) in [5.74, 6) is -0.570. The predicted molar refractivity (Wildman–Crippen MR) is 55.9 cm³/mol. The van der Waals surface area contributed by atoms with Gasteiger partial charge in [0.2, 0.25) is 0 Å². The van der Waals surface area contributed by atoms with E-state index < -0.39 is 5.41 Å². The van der Waals surface area contributed by atoms with E-state index in [0.29, 0.717) is 6.42 Å². The average Bonchev–Trinajstić information content (AvgIpc) is 2.15. The van der Waals surface area contributed by atoms with Gasteiger partial charge in [0.15, 0.2) is 0 Å². The zero-order chi connectivity index (χ0) is 11.5. The van der Waals surface area contributed by atoms with Crippen molar-refractivity contribution in [1.82, 2.24) is 0 Å². The molecule has 1 aromatic carbocycles. The average molecular weight is 210 g/mol. The van der Waals surface area contributed by atoms with Gasteiger partial charge in [0.1, 0.15) is 5.82 Å². The molecule has 0 spiro atoms. The van der Waals surface area contributed by atoms with Crippen LogP contribution in [0.25, 0.3) is 0 Å². The summed E-state index contributed by atoms with van der Waals surface area (Å²) in [6, 6.07) is 6.26. The van der Waals surface area contributed by atoms with Crippen molar-refractivity contribution in [3.05, 3.63) is 35.6 Å². The van der Waals surface area contributed by atoms with E-state index in [1.807, 2.05) is 0 Å². The van der Waals surface area contributed by atoms with Crippen LogP contribution in [0.4, 0.5) is 4.39 Å². The van der Waals surface area contributed by atoms with Gasteiger partial charge in [-0.3, -0.25) is 4.79 Å². The molecule has 0 radical (unpaired) electrons. The lowest BCUT2D eigenvalue weighted by Gasteiger charge is -2.21. The summed E-state index contributed by atoms with van der Waals surface area (Å²) in [4.78, 5) is 11.4. The van der Waals surface area contributed by atoms with E-state index in [4.69, 9.17) is 0 Å². The Morgan fingerprint density at radius 2 is 2.13 bits per heavy atom. The highest BCUT2D eigenvalue weighted by molar-refractivity contribution is 5.76. The summed E-state index contributed by atoms with van der Waals surface area (Å²) >= 11 is 0. The van der Waals surface area contributed by atoms with Crippen LogP contribution in [-0.2, 0) is 16.0 Å². The Bertz CT molecular complexity index is 358. The molecule has 0 atom stereocenters. The topological polar surface area (TPSA) is 26.3 Å². The highest BCUT2D eigenvalue weighted by atomic mass is 19.1. The van der Waals surface area contributed by atoms with E-state index in [1.54, 1.807) is 26.0 Å². The highest BCUT2D eigenvalue weighted by Crippen LogP contribution is 2.23. The first-order valence-electron chi connectivity index (χ1n) is 4.78. The van der Waals surface area contributed by atoms with Gasteiger partial charge in [0.25, 0.3) is 0 Å². The lowest BCUT2D eigenvalue weighted by Crippen LogP contribution is -2.27. The number of rotatable bonds is 3. The predicted octanol–water partition coefficient (Wildman–Crippen LogP) is 2.57. The Hall–Kier alpha value is -1.38. The zero-order valence-electron chi connectivity index (χ0n) is 9.21. The number of benzene rings is 1. The molecule has 0 aliphatic rings. The van der Waals surface area contributed by atoms with E-state index in [9.17, 15) is 9.18 Å². The molecule has 0 amide bonds. The molecule has 1 rings (SSSR count). The van der Waals surface area contributed by atoms with Gasteiger partial charge in [-0.25, -0.2) is 4.39 Å². The number of halogens is 1. The van der Waals surface area contributed by atoms with Crippen molar-refractivity contribution in [3.63, 3.8) is 0 Å². The molecule has 0 bridgehead atoms. The third kappa shape index (κ3) is 3.05. The van der Waals surface area contributed by atoms with Crippen molar-refractivity contribution in [3.8, 4) is 0 Å². The maximum Gasteiger partial charge on any atom is 0.311 e. The number of hydrogen-bond acceptors (Lipinski definition) is 2. The van der Waals surface area contributed by atoms with Crippen LogP contribution >= 0.6 is 0 Å². The SMILES string of the molecule is COC(=O)C(C)(C)Cc1cccc(F)c1. The molecule has 82 valence electrons. The second-order valence-corrected chi connectivity index (χ2v) is 4.18. The van der Waals surface area contributed by atoms with Crippen LogP contribution in [-0.4, -0.2) is 13.1 Å². The summed E-state index contributed by atoms with van der Waals surface area (Å²) in [5.41, 5.74) is 0.174. The normalized spacial score (nSPS) is 11.2. The molecule has 2 nitrogen and oxygen atoms in total. The third-order valence-corrected chi connectivity index (χ3v) is 2.27. The molecule has 0 unspecified atom stereocenters. The molecular formula is C12H15FO2. The minimum Gasteiger partial charge on any atom is -0.469 e. The first-order valence-corrected chi connectivity index (χ1v) is 4.78. The van der Waals surface area contributed by atoms with Gasteiger partial charge in [0, 0.05) is 0 Å². The molecule has 0 saturated heterocycles. The Labute approximate surface area is 89.1 Å². The maximum absolute atomic E-state index is 12.9. The minimum absolute atomic E-state index is 0.284. The van der Waals surface area contributed by atoms with Gasteiger partial charge in [-0.1, -0.05) is 12.1 Å². The molecule has 0 heterocycles. The van der Waals surface area contributed by atoms with Crippen molar-refractivity contribution >= 4 is 5.97 Å². The smallest absolute Gasteiger partial charge is 0.311 e. The van der Waals surface area contributed by atoms with Crippen molar-refractivity contribution in [1.29, 1.82) is 0 Å². The Morgan fingerprint density at radius 3 is 2.67 bits per heavy atom. The van der Waals surface area contributed by atoms with Gasteiger partial charge in [-0.15, -0.1) is 0 Å². The number of ether oxygens (including phenoxy) is 1. The Kier molecular flexibility index (Phi) is 3.45. The second-order valence-electron chi connectivity index (χ2n) is 4.18. The van der Waals surface area contributed by atoms with E-state index in [-0.39, 0.29) is 11.8 Å². The lowest BCUT2D eigenvalue weighted by atomic mass is 9.86. The van der Waals surface area contributed by atoms with Gasteiger partial charge >= 0.3 is 5.97 Å². The lowest BCUT2D eigenvalue weighted by molar-refractivity contribution is -0.150. The molecular weight excluding hydrogens is 195 g/mol. The van der Waals surface area contributed by atoms with Gasteiger partial charge in [-0.05, 0) is 38.0 Å². The maximum atomic E-state index is 12.9. The fourth-order valence-electron chi connectivity index (χ4n) is 1.51. The largest absolute Gasteiger partial charge is 0.469 e. The Morgan fingerprint density at radius 1 is 1.47 bits per heavy atom. The third-order valence-electron chi connectivity index (χ3n) is 2.27. The molecule has 0 aromatic heterocycles. The number of hydrogen-bond donors (Lipinski definition) is 0. The standard InChI is InChI=1S/C12H15FO2/c1-12(2,11(14)15-3)8-9-5-4-6-10(13)7-9/h4-7H,8H2,1-3H3. The van der Waals surface area contributed by atoms with E-state index >= 15 is 0 Å². The van der Waals surface area contributed by atoms with Gasteiger partial charge < -0.3 is 4.74 Å². The van der Waals surface area contributed by atoms with E-state index in [1.165, 1.54) is 19.2 Å². The molecule has 0 saturated carbocycles. The molecule has 0 fully saturated rings. The summed E-state index contributed by atoms with van der Waals surface area (Å²) in [5, 5.41) is 0. The van der Waals surface area contributed by atoms with Crippen LogP contribution in [0, 0.1) is 11.2 Å². The van der Waals surface area contributed by atoms with E-state index in [2.05, 4.69) is 4.74 Å². The first-order chi connectivity index (χ1) is 6.95. The number of carbonyl (C=O) groups excluding carboxylic acids is 1. The van der Waals surface area contributed by atoms with Crippen molar-refractivity contribution in [2.75, 3.05) is 7.11 Å². The first kappa shape index (κ1) is 11.7. The number of esters is 1. The molecule has 0 aliphatic carbocycles. The molecule has 3 heteroatoms. The van der Waals surface area contributed by atoms with E-state index in [0.717, 1.165) is 5.56 Å². The van der Waals surface area contributed by atoms with Crippen LogP contribution in [0.15, 0.2) is 24.3 Å². The summed E-state index contributed by atoms with van der Waals surface area (Å²) in [6.45, 7) is 3.56. The van der Waals surface area contributed by atoms with Crippen LogP contribution in [0.5, 0.6) is 0 Å². The van der Waals surface area contributed by atoms with Gasteiger partial charge in [-0.2, -0.15) is 0 Å². The van der Waals surface area contributed by atoms with Crippen molar-refractivity contribution in [2.45, 2.75) is 20.3 Å². The van der Waals surface area contributed by atoms with Crippen molar-refractivity contribution < 1.29 is 13.9 Å².